The second-order valence-electron chi connectivity index (χ2n) is 6.09. The SMILES string of the molecule is O=C(NCc1ccccc1Cl)c1cc(-c2cccnc2)nc2ccccc12. The Morgan fingerprint density at radius 1 is 1.00 bits per heavy atom. The maximum Gasteiger partial charge on any atom is 0.252 e. The van der Waals surface area contributed by atoms with Crippen molar-refractivity contribution in [1.82, 2.24) is 15.3 Å². The zero-order valence-corrected chi connectivity index (χ0v) is 15.1. The number of para-hydroxylation sites is 1. The molecule has 4 nitrogen and oxygen atoms in total. The van der Waals surface area contributed by atoms with Crippen LogP contribution in [0.3, 0.4) is 0 Å². The normalized spacial score (nSPS) is 10.7. The number of aromatic nitrogens is 2. The number of halogens is 1. The summed E-state index contributed by atoms with van der Waals surface area (Å²) in [6.07, 6.45) is 3.45. The summed E-state index contributed by atoms with van der Waals surface area (Å²) >= 11 is 6.19. The average Bonchev–Trinajstić information content (AvgIpc) is 2.73. The van der Waals surface area contributed by atoms with E-state index in [1.54, 1.807) is 18.5 Å². The molecule has 4 rings (SSSR count). The Kier molecular flexibility index (Phi) is 4.81. The van der Waals surface area contributed by atoms with Crippen molar-refractivity contribution in [3.8, 4) is 11.3 Å². The summed E-state index contributed by atoms with van der Waals surface area (Å²) in [4.78, 5) is 21.8. The lowest BCUT2D eigenvalue weighted by molar-refractivity contribution is 0.0952. The number of nitrogens with one attached hydrogen (secondary N) is 1. The molecule has 0 unspecified atom stereocenters. The van der Waals surface area contributed by atoms with Crippen molar-refractivity contribution in [3.05, 3.63) is 95.3 Å². The molecule has 0 spiro atoms. The molecule has 2 aromatic heterocycles. The number of fused-ring (bicyclic) bond motifs is 1. The van der Waals surface area contributed by atoms with Crippen LogP contribution in [-0.2, 0) is 6.54 Å². The monoisotopic (exact) mass is 373 g/mol. The zero-order chi connectivity index (χ0) is 18.6. The van der Waals surface area contributed by atoms with E-state index >= 15 is 0 Å². The minimum Gasteiger partial charge on any atom is -0.348 e. The Morgan fingerprint density at radius 2 is 1.81 bits per heavy atom. The smallest absolute Gasteiger partial charge is 0.252 e. The molecule has 0 atom stereocenters. The average molecular weight is 374 g/mol. The van der Waals surface area contributed by atoms with Crippen LogP contribution in [0.1, 0.15) is 15.9 Å². The third kappa shape index (κ3) is 3.66. The van der Waals surface area contributed by atoms with E-state index in [1.165, 1.54) is 0 Å². The number of benzene rings is 2. The van der Waals surface area contributed by atoms with Crippen LogP contribution in [0.25, 0.3) is 22.2 Å². The standard InChI is InChI=1S/C22H16ClN3O/c23-19-9-3-1-6-15(19)14-25-22(27)18-12-21(16-7-5-11-24-13-16)26-20-10-4-2-8-17(18)20/h1-13H,14H2,(H,25,27). The van der Waals surface area contributed by atoms with Gasteiger partial charge in [-0.05, 0) is 35.9 Å². The van der Waals surface area contributed by atoms with Crippen LogP contribution >= 0.6 is 11.6 Å². The predicted molar refractivity (Wildman–Crippen MR) is 108 cm³/mol. The molecule has 0 saturated carbocycles. The van der Waals surface area contributed by atoms with Gasteiger partial charge in [0.1, 0.15) is 0 Å². The second kappa shape index (κ2) is 7.56. The van der Waals surface area contributed by atoms with E-state index in [-0.39, 0.29) is 5.91 Å². The number of carbonyl (C=O) groups excluding carboxylic acids is 1. The van der Waals surface area contributed by atoms with Gasteiger partial charge in [-0.3, -0.25) is 9.78 Å². The van der Waals surface area contributed by atoms with Crippen LogP contribution in [0.15, 0.2) is 79.1 Å². The largest absolute Gasteiger partial charge is 0.348 e. The van der Waals surface area contributed by atoms with Gasteiger partial charge in [0.25, 0.3) is 5.91 Å². The number of hydrogen-bond donors (Lipinski definition) is 1. The minimum atomic E-state index is -0.168. The quantitative estimate of drug-likeness (QED) is 0.554. The van der Waals surface area contributed by atoms with Gasteiger partial charge in [0.15, 0.2) is 0 Å². The molecule has 5 heteroatoms. The Balaban J connectivity index is 1.71. The van der Waals surface area contributed by atoms with Gasteiger partial charge in [0, 0.05) is 34.9 Å². The Morgan fingerprint density at radius 3 is 2.63 bits per heavy atom. The maximum atomic E-state index is 12.9. The van der Waals surface area contributed by atoms with Crippen molar-refractivity contribution in [2.45, 2.75) is 6.54 Å². The first-order valence-electron chi connectivity index (χ1n) is 8.54. The highest BCUT2D eigenvalue weighted by molar-refractivity contribution is 6.31. The molecule has 2 aromatic carbocycles. The van der Waals surface area contributed by atoms with E-state index in [0.717, 1.165) is 22.0 Å². The molecule has 4 aromatic rings. The molecular formula is C22H16ClN3O. The van der Waals surface area contributed by atoms with E-state index in [0.29, 0.717) is 22.8 Å². The fourth-order valence-electron chi connectivity index (χ4n) is 2.94. The summed E-state index contributed by atoms with van der Waals surface area (Å²) in [6, 6.07) is 20.7. The second-order valence-corrected chi connectivity index (χ2v) is 6.50. The van der Waals surface area contributed by atoms with E-state index in [2.05, 4.69) is 15.3 Å². The lowest BCUT2D eigenvalue weighted by Crippen LogP contribution is -2.23. The lowest BCUT2D eigenvalue weighted by atomic mass is 10.0. The van der Waals surface area contributed by atoms with Crippen LogP contribution < -0.4 is 5.32 Å². The van der Waals surface area contributed by atoms with Gasteiger partial charge in [-0.2, -0.15) is 0 Å². The molecule has 2 heterocycles. The van der Waals surface area contributed by atoms with Crippen molar-refractivity contribution in [3.63, 3.8) is 0 Å². The predicted octanol–water partition coefficient (Wildman–Crippen LogP) is 4.88. The van der Waals surface area contributed by atoms with Gasteiger partial charge in [-0.15, -0.1) is 0 Å². The zero-order valence-electron chi connectivity index (χ0n) is 14.4. The number of rotatable bonds is 4. The van der Waals surface area contributed by atoms with Gasteiger partial charge in [-0.1, -0.05) is 48.0 Å². The first-order chi connectivity index (χ1) is 13.2. The van der Waals surface area contributed by atoms with Gasteiger partial charge >= 0.3 is 0 Å². The highest BCUT2D eigenvalue weighted by atomic mass is 35.5. The van der Waals surface area contributed by atoms with Gasteiger partial charge in [0.05, 0.1) is 16.8 Å². The molecule has 0 aliphatic heterocycles. The van der Waals surface area contributed by atoms with Crippen molar-refractivity contribution < 1.29 is 4.79 Å². The summed E-state index contributed by atoms with van der Waals surface area (Å²) in [5, 5.41) is 4.40. The molecule has 0 aliphatic carbocycles. The lowest BCUT2D eigenvalue weighted by Gasteiger charge is -2.11. The molecule has 132 valence electrons. The molecule has 27 heavy (non-hydrogen) atoms. The Bertz CT molecular complexity index is 1110. The number of hydrogen-bond acceptors (Lipinski definition) is 3. The summed E-state index contributed by atoms with van der Waals surface area (Å²) in [5.41, 5.74) is 3.79. The van der Waals surface area contributed by atoms with Crippen LogP contribution in [0.2, 0.25) is 5.02 Å². The summed E-state index contributed by atoms with van der Waals surface area (Å²) < 4.78 is 0. The first-order valence-corrected chi connectivity index (χ1v) is 8.92. The fraction of sp³-hybridized carbons (Fsp3) is 0.0455. The molecule has 0 fully saturated rings. The number of pyridine rings is 2. The number of nitrogens with zero attached hydrogens (tertiary/aromatic N) is 2. The Hall–Kier alpha value is -3.24. The molecule has 1 N–H and O–H groups in total. The minimum absolute atomic E-state index is 0.168. The molecule has 1 amide bonds. The number of amides is 1. The van der Waals surface area contributed by atoms with Crippen molar-refractivity contribution in [2.24, 2.45) is 0 Å². The molecule has 0 aliphatic rings. The summed E-state index contributed by atoms with van der Waals surface area (Å²) in [7, 11) is 0. The van der Waals surface area contributed by atoms with Crippen molar-refractivity contribution in [2.75, 3.05) is 0 Å². The first kappa shape index (κ1) is 17.2. The van der Waals surface area contributed by atoms with Gasteiger partial charge < -0.3 is 5.32 Å². The molecule has 0 bridgehead atoms. The fourth-order valence-corrected chi connectivity index (χ4v) is 3.14. The third-order valence-corrected chi connectivity index (χ3v) is 4.68. The van der Waals surface area contributed by atoms with Crippen LogP contribution in [0, 0.1) is 0 Å². The van der Waals surface area contributed by atoms with Crippen LogP contribution in [0.5, 0.6) is 0 Å². The molecule has 0 radical (unpaired) electrons. The van der Waals surface area contributed by atoms with Gasteiger partial charge in [0.2, 0.25) is 0 Å². The highest BCUT2D eigenvalue weighted by Gasteiger charge is 2.14. The highest BCUT2D eigenvalue weighted by Crippen LogP contribution is 2.24. The van der Waals surface area contributed by atoms with E-state index < -0.39 is 0 Å². The summed E-state index contributed by atoms with van der Waals surface area (Å²) in [6.45, 7) is 0.359. The van der Waals surface area contributed by atoms with Gasteiger partial charge in [-0.25, -0.2) is 4.98 Å². The number of carbonyl (C=O) groups is 1. The maximum absolute atomic E-state index is 12.9. The topological polar surface area (TPSA) is 54.9 Å². The van der Waals surface area contributed by atoms with E-state index in [9.17, 15) is 4.79 Å². The molecule has 0 saturated heterocycles. The molecular weight excluding hydrogens is 358 g/mol. The van der Waals surface area contributed by atoms with Crippen molar-refractivity contribution >= 4 is 28.4 Å². The summed E-state index contributed by atoms with van der Waals surface area (Å²) in [5.74, 6) is -0.168. The Labute approximate surface area is 161 Å². The third-order valence-electron chi connectivity index (χ3n) is 4.32. The van der Waals surface area contributed by atoms with E-state index in [4.69, 9.17) is 11.6 Å². The van der Waals surface area contributed by atoms with Crippen LogP contribution in [0.4, 0.5) is 0 Å². The van der Waals surface area contributed by atoms with Crippen LogP contribution in [-0.4, -0.2) is 15.9 Å². The van der Waals surface area contributed by atoms with E-state index in [1.807, 2.05) is 60.7 Å². The van der Waals surface area contributed by atoms with Crippen molar-refractivity contribution in [1.29, 1.82) is 0 Å².